The summed E-state index contributed by atoms with van der Waals surface area (Å²) in [6.07, 6.45) is 14.2. The Hall–Kier alpha value is -0.0800. The standard InChI is InChI=1S/C15H32NO/c1-3-4-5-6-7-8-9-10-11-12-13-16(2)14-15-17-16/h3-15H2,1-2H3/q+1. The number of quaternary nitrogens is 1. The van der Waals surface area contributed by atoms with Crippen LogP contribution in [0.25, 0.3) is 0 Å². The smallest absolute Gasteiger partial charge is 0.158 e. The van der Waals surface area contributed by atoms with Crippen LogP contribution in [0.2, 0.25) is 0 Å². The van der Waals surface area contributed by atoms with Gasteiger partial charge in [0.1, 0.15) is 13.1 Å². The van der Waals surface area contributed by atoms with Crippen LogP contribution in [0, 0.1) is 0 Å². The molecule has 1 saturated heterocycles. The first-order chi connectivity index (χ1) is 8.27. The fourth-order valence-corrected chi connectivity index (χ4v) is 2.51. The minimum Gasteiger partial charge on any atom is -0.197 e. The van der Waals surface area contributed by atoms with Crippen LogP contribution >= 0.6 is 0 Å². The Bertz CT molecular complexity index is 178. The lowest BCUT2D eigenvalue weighted by atomic mass is 10.1. The third-order valence-electron chi connectivity index (χ3n) is 3.95. The van der Waals surface area contributed by atoms with Gasteiger partial charge < -0.3 is 0 Å². The molecule has 2 heteroatoms. The van der Waals surface area contributed by atoms with E-state index in [0.29, 0.717) is 0 Å². The van der Waals surface area contributed by atoms with Crippen molar-refractivity contribution in [1.29, 1.82) is 0 Å². The molecule has 1 aliphatic rings. The molecule has 1 aliphatic heterocycles. The second kappa shape index (κ2) is 8.93. The van der Waals surface area contributed by atoms with Gasteiger partial charge in [-0.25, -0.2) is 0 Å². The van der Waals surface area contributed by atoms with Gasteiger partial charge in [0.2, 0.25) is 0 Å². The van der Waals surface area contributed by atoms with Crippen molar-refractivity contribution >= 4 is 0 Å². The van der Waals surface area contributed by atoms with Gasteiger partial charge in [0.15, 0.2) is 6.61 Å². The molecule has 1 heterocycles. The Morgan fingerprint density at radius 3 is 1.71 bits per heavy atom. The molecule has 102 valence electrons. The lowest BCUT2D eigenvalue weighted by molar-refractivity contribution is -1.14. The van der Waals surface area contributed by atoms with Crippen molar-refractivity contribution in [2.75, 3.05) is 26.7 Å². The maximum absolute atomic E-state index is 5.54. The third kappa shape index (κ3) is 7.05. The zero-order chi connectivity index (χ0) is 12.4. The normalized spacial score (nSPS) is 23.6. The van der Waals surface area contributed by atoms with Gasteiger partial charge in [0.05, 0.1) is 7.05 Å². The average molecular weight is 242 g/mol. The lowest BCUT2D eigenvalue weighted by Crippen LogP contribution is -2.56. The number of nitrogens with zero attached hydrogens (tertiary/aromatic N) is 1. The van der Waals surface area contributed by atoms with Crippen molar-refractivity contribution < 1.29 is 9.48 Å². The van der Waals surface area contributed by atoms with Crippen molar-refractivity contribution in [1.82, 2.24) is 0 Å². The molecular formula is C15H32NO+. The molecule has 0 N–H and O–H groups in total. The number of hydrogen-bond acceptors (Lipinski definition) is 1. The fourth-order valence-electron chi connectivity index (χ4n) is 2.51. The number of likely N-dealkylation sites (N-methyl/N-ethyl adjacent to an activating group) is 1. The van der Waals surface area contributed by atoms with E-state index in [0.717, 1.165) is 11.3 Å². The average Bonchev–Trinajstić information content (AvgIpc) is 2.29. The van der Waals surface area contributed by atoms with Crippen LogP contribution in [0.1, 0.15) is 71.1 Å². The molecule has 0 aromatic heterocycles. The Morgan fingerprint density at radius 2 is 1.29 bits per heavy atom. The van der Waals surface area contributed by atoms with Gasteiger partial charge in [-0.3, -0.25) is 0 Å². The molecule has 0 radical (unpaired) electrons. The van der Waals surface area contributed by atoms with Crippen LogP contribution in [0.15, 0.2) is 0 Å². The molecule has 0 aromatic rings. The number of hydrogen-bond donors (Lipinski definition) is 0. The zero-order valence-electron chi connectivity index (χ0n) is 12.0. The summed E-state index contributed by atoms with van der Waals surface area (Å²) in [4.78, 5) is 5.54. The zero-order valence-corrected chi connectivity index (χ0v) is 12.0. The highest BCUT2D eigenvalue weighted by atomic mass is 16.7. The van der Waals surface area contributed by atoms with Gasteiger partial charge in [-0.2, -0.15) is 9.48 Å². The van der Waals surface area contributed by atoms with Gasteiger partial charge in [-0.15, -0.1) is 0 Å². The molecule has 1 fully saturated rings. The van der Waals surface area contributed by atoms with E-state index < -0.39 is 0 Å². The Labute approximate surface area is 108 Å². The van der Waals surface area contributed by atoms with Crippen LogP contribution in [0.5, 0.6) is 0 Å². The largest absolute Gasteiger partial charge is 0.197 e. The van der Waals surface area contributed by atoms with Crippen molar-refractivity contribution in [3.63, 3.8) is 0 Å². The molecule has 0 saturated carbocycles. The van der Waals surface area contributed by atoms with E-state index in [9.17, 15) is 0 Å². The van der Waals surface area contributed by atoms with Gasteiger partial charge in [0.25, 0.3) is 0 Å². The van der Waals surface area contributed by atoms with Crippen LogP contribution in [-0.4, -0.2) is 31.4 Å². The minimum absolute atomic E-state index is 0.872. The fraction of sp³-hybridized carbons (Fsp3) is 1.00. The molecule has 0 amide bonds. The summed E-state index contributed by atoms with van der Waals surface area (Å²) in [5.41, 5.74) is 0. The van der Waals surface area contributed by atoms with E-state index in [1.165, 1.54) is 77.3 Å². The summed E-state index contributed by atoms with van der Waals surface area (Å²) in [7, 11) is 2.21. The molecule has 1 unspecified atom stereocenters. The molecule has 0 aliphatic carbocycles. The third-order valence-corrected chi connectivity index (χ3v) is 3.95. The predicted molar refractivity (Wildman–Crippen MR) is 73.7 cm³/mol. The van der Waals surface area contributed by atoms with E-state index in [2.05, 4.69) is 14.0 Å². The van der Waals surface area contributed by atoms with E-state index in [4.69, 9.17) is 4.84 Å². The number of unbranched alkanes of at least 4 members (excludes halogenated alkanes) is 9. The molecule has 2 nitrogen and oxygen atoms in total. The molecule has 0 spiro atoms. The van der Waals surface area contributed by atoms with Gasteiger partial charge >= 0.3 is 0 Å². The van der Waals surface area contributed by atoms with Crippen molar-refractivity contribution in [2.24, 2.45) is 0 Å². The topological polar surface area (TPSA) is 9.23 Å². The van der Waals surface area contributed by atoms with E-state index in [1.807, 2.05) is 0 Å². The first-order valence-electron chi connectivity index (χ1n) is 7.76. The molecule has 0 aromatic carbocycles. The molecule has 1 atom stereocenters. The Morgan fingerprint density at radius 1 is 0.824 bits per heavy atom. The summed E-state index contributed by atoms with van der Waals surface area (Å²) in [5, 5.41) is 0. The number of rotatable bonds is 11. The Kier molecular flexibility index (Phi) is 7.87. The summed E-state index contributed by atoms with van der Waals surface area (Å²) >= 11 is 0. The molecule has 1 rings (SSSR count). The summed E-state index contributed by atoms with van der Waals surface area (Å²) < 4.78 is 0.872. The first-order valence-corrected chi connectivity index (χ1v) is 7.76. The summed E-state index contributed by atoms with van der Waals surface area (Å²) in [5.74, 6) is 0. The number of hydroxylamine groups is 3. The highest BCUT2D eigenvalue weighted by Crippen LogP contribution is 2.16. The van der Waals surface area contributed by atoms with Crippen LogP contribution in [0.4, 0.5) is 0 Å². The summed E-state index contributed by atoms with van der Waals surface area (Å²) in [6, 6.07) is 0. The second-order valence-corrected chi connectivity index (χ2v) is 5.76. The SMILES string of the molecule is CCCCCCCCCCCC[N+]1(C)CCO1. The highest BCUT2D eigenvalue weighted by Gasteiger charge is 2.32. The lowest BCUT2D eigenvalue weighted by Gasteiger charge is -2.38. The van der Waals surface area contributed by atoms with Gasteiger partial charge in [-0.1, -0.05) is 58.3 Å². The Balaban J connectivity index is 1.72. The highest BCUT2D eigenvalue weighted by molar-refractivity contribution is 4.48. The van der Waals surface area contributed by atoms with E-state index in [-0.39, 0.29) is 0 Å². The van der Waals surface area contributed by atoms with Crippen LogP contribution < -0.4 is 0 Å². The molecular weight excluding hydrogens is 210 g/mol. The van der Waals surface area contributed by atoms with E-state index >= 15 is 0 Å². The maximum atomic E-state index is 5.54. The van der Waals surface area contributed by atoms with Gasteiger partial charge in [-0.05, 0) is 12.8 Å². The van der Waals surface area contributed by atoms with Crippen LogP contribution in [-0.2, 0) is 4.84 Å². The van der Waals surface area contributed by atoms with Crippen LogP contribution in [0.3, 0.4) is 0 Å². The minimum atomic E-state index is 0.872. The molecule has 17 heavy (non-hydrogen) atoms. The second-order valence-electron chi connectivity index (χ2n) is 5.76. The van der Waals surface area contributed by atoms with E-state index in [1.54, 1.807) is 0 Å². The monoisotopic (exact) mass is 242 g/mol. The van der Waals surface area contributed by atoms with Gasteiger partial charge in [0, 0.05) is 0 Å². The predicted octanol–water partition coefficient (Wildman–Crippen LogP) is 4.30. The first kappa shape index (κ1) is 15.0. The maximum Gasteiger partial charge on any atom is 0.158 e. The van der Waals surface area contributed by atoms with Crippen molar-refractivity contribution in [3.8, 4) is 0 Å². The van der Waals surface area contributed by atoms with Crippen molar-refractivity contribution in [2.45, 2.75) is 71.1 Å². The molecule has 0 bridgehead atoms. The summed E-state index contributed by atoms with van der Waals surface area (Å²) in [6.45, 7) is 5.69. The quantitative estimate of drug-likeness (QED) is 0.388. The van der Waals surface area contributed by atoms with Crippen molar-refractivity contribution in [3.05, 3.63) is 0 Å².